The number of benzene rings is 2. The van der Waals surface area contributed by atoms with Gasteiger partial charge in [-0.2, -0.15) is 0 Å². The van der Waals surface area contributed by atoms with Crippen molar-refractivity contribution < 1.29 is 19.1 Å². The molecule has 0 aromatic heterocycles. The van der Waals surface area contributed by atoms with Gasteiger partial charge < -0.3 is 15.3 Å². The van der Waals surface area contributed by atoms with Crippen molar-refractivity contribution in [2.75, 3.05) is 6.54 Å². The highest BCUT2D eigenvalue weighted by Gasteiger charge is 2.48. The Morgan fingerprint density at radius 3 is 2.32 bits per heavy atom. The number of hydrogen-bond acceptors (Lipinski definition) is 3. The maximum atomic E-state index is 13.3. The van der Waals surface area contributed by atoms with Gasteiger partial charge in [0.05, 0.1) is 17.7 Å². The molecule has 0 unspecified atom stereocenters. The summed E-state index contributed by atoms with van der Waals surface area (Å²) in [4.78, 5) is 28.0. The van der Waals surface area contributed by atoms with E-state index in [1.165, 1.54) is 24.3 Å². The molecule has 2 aromatic rings. The van der Waals surface area contributed by atoms with Gasteiger partial charge in [0.2, 0.25) is 5.91 Å². The summed E-state index contributed by atoms with van der Waals surface area (Å²) in [5.74, 6) is -0.864. The Kier molecular flexibility index (Phi) is 6.51. The second kappa shape index (κ2) is 8.79. The van der Waals surface area contributed by atoms with Gasteiger partial charge >= 0.3 is 0 Å². The fraction of sp³-hybridized carbons (Fsp3) is 0.440. The molecule has 2 amide bonds. The lowest BCUT2D eigenvalue weighted by molar-refractivity contribution is -0.144. The Morgan fingerprint density at radius 2 is 1.74 bits per heavy atom. The fourth-order valence-corrected chi connectivity index (χ4v) is 4.08. The third-order valence-corrected chi connectivity index (χ3v) is 5.72. The lowest BCUT2D eigenvalue weighted by atomic mass is 9.78. The number of halogens is 1. The molecule has 2 aromatic carbocycles. The summed E-state index contributed by atoms with van der Waals surface area (Å²) in [6.45, 7) is 8.11. The summed E-state index contributed by atoms with van der Waals surface area (Å²) < 4.78 is 13.3. The summed E-state index contributed by atoms with van der Waals surface area (Å²) in [6, 6.07) is 13.5. The Labute approximate surface area is 183 Å². The van der Waals surface area contributed by atoms with Crippen molar-refractivity contribution in [1.82, 2.24) is 10.2 Å². The molecule has 31 heavy (non-hydrogen) atoms. The molecule has 0 bridgehead atoms. The van der Waals surface area contributed by atoms with Gasteiger partial charge in [0.15, 0.2) is 0 Å². The molecule has 0 spiro atoms. The van der Waals surface area contributed by atoms with Crippen molar-refractivity contribution in [1.29, 1.82) is 0 Å². The average Bonchev–Trinajstić information content (AvgIpc) is 2.69. The third-order valence-electron chi connectivity index (χ3n) is 5.72. The molecular formula is C25H31FN2O3. The van der Waals surface area contributed by atoms with Crippen molar-refractivity contribution in [3.8, 4) is 0 Å². The van der Waals surface area contributed by atoms with Gasteiger partial charge in [-0.3, -0.25) is 9.59 Å². The predicted octanol–water partition coefficient (Wildman–Crippen LogP) is 4.08. The zero-order valence-electron chi connectivity index (χ0n) is 18.6. The summed E-state index contributed by atoms with van der Waals surface area (Å²) in [6.07, 6.45) is 0.692. The Morgan fingerprint density at radius 1 is 1.13 bits per heavy atom. The molecular weight excluding hydrogens is 395 g/mol. The topological polar surface area (TPSA) is 69.6 Å². The smallest absolute Gasteiger partial charge is 0.251 e. The number of hydrogen-bond donors (Lipinski definition) is 2. The molecule has 5 nitrogen and oxygen atoms in total. The summed E-state index contributed by atoms with van der Waals surface area (Å²) in [5.41, 5.74) is -0.281. The Hall–Kier alpha value is -2.73. The van der Waals surface area contributed by atoms with Crippen molar-refractivity contribution >= 4 is 11.8 Å². The van der Waals surface area contributed by atoms with Gasteiger partial charge in [-0.15, -0.1) is 0 Å². The number of carbonyl (C=O) groups excluding carboxylic acids is 2. The number of likely N-dealkylation sites (tertiary alicyclic amines) is 1. The summed E-state index contributed by atoms with van der Waals surface area (Å²) in [5, 5.41) is 14.2. The molecule has 1 heterocycles. The van der Waals surface area contributed by atoms with Crippen molar-refractivity contribution in [2.24, 2.45) is 5.41 Å². The van der Waals surface area contributed by atoms with E-state index in [9.17, 15) is 19.1 Å². The zero-order valence-corrected chi connectivity index (χ0v) is 18.6. The number of rotatable bonds is 4. The van der Waals surface area contributed by atoms with Crippen molar-refractivity contribution in [3.63, 3.8) is 0 Å². The summed E-state index contributed by atoms with van der Waals surface area (Å²) >= 11 is 0. The maximum Gasteiger partial charge on any atom is 0.251 e. The number of piperidine rings is 1. The van der Waals surface area contributed by atoms with Crippen LogP contribution in [0.2, 0.25) is 0 Å². The molecule has 0 radical (unpaired) electrons. The van der Waals surface area contributed by atoms with Gasteiger partial charge in [0.1, 0.15) is 5.82 Å². The first kappa shape index (κ1) is 22.9. The van der Waals surface area contributed by atoms with Crippen LogP contribution in [0.1, 0.15) is 62.5 Å². The molecule has 0 saturated carbocycles. The van der Waals surface area contributed by atoms with Crippen molar-refractivity contribution in [3.05, 3.63) is 71.5 Å². The van der Waals surface area contributed by atoms with Crippen LogP contribution < -0.4 is 5.32 Å². The predicted molar refractivity (Wildman–Crippen MR) is 118 cm³/mol. The fourth-order valence-electron chi connectivity index (χ4n) is 4.08. The second-order valence-electron chi connectivity index (χ2n) is 9.75. The molecule has 3 atom stereocenters. The van der Waals surface area contributed by atoms with E-state index in [0.29, 0.717) is 24.9 Å². The maximum absolute atomic E-state index is 13.3. The average molecular weight is 427 g/mol. The largest absolute Gasteiger partial charge is 0.388 e. The van der Waals surface area contributed by atoms with E-state index in [2.05, 4.69) is 5.32 Å². The number of carbonyl (C=O) groups is 2. The lowest BCUT2D eigenvalue weighted by Gasteiger charge is -2.49. The van der Waals surface area contributed by atoms with E-state index < -0.39 is 29.4 Å². The quantitative estimate of drug-likeness (QED) is 0.774. The SMILES string of the molecule is CC(C)(C)CC(=O)N1CC[C@@](C)(O)[C@@H](NC(=O)c2ccc(F)cc2)[C@@H]1c1ccccc1. The standard InChI is InChI=1S/C25H31FN2O3/c1-24(2,3)16-20(29)28-15-14-25(4,31)22(21(28)17-8-6-5-7-9-17)27-23(30)18-10-12-19(26)13-11-18/h5-13,21-22,31H,14-16H2,1-4H3,(H,27,30)/t21-,22-,25+/m0/s1. The number of aliphatic hydroxyl groups is 1. The minimum atomic E-state index is -1.23. The van der Waals surface area contributed by atoms with Crippen LogP contribution in [0.25, 0.3) is 0 Å². The molecule has 166 valence electrons. The van der Waals surface area contributed by atoms with E-state index in [-0.39, 0.29) is 11.3 Å². The van der Waals surface area contributed by atoms with Crippen LogP contribution in [0.5, 0.6) is 0 Å². The van der Waals surface area contributed by atoms with Crippen LogP contribution in [-0.4, -0.2) is 40.0 Å². The van der Waals surface area contributed by atoms with Crippen LogP contribution in [0.3, 0.4) is 0 Å². The molecule has 1 aliphatic rings. The van der Waals surface area contributed by atoms with Crippen LogP contribution >= 0.6 is 0 Å². The highest BCUT2D eigenvalue weighted by Crippen LogP contribution is 2.38. The van der Waals surface area contributed by atoms with E-state index >= 15 is 0 Å². The molecule has 1 fully saturated rings. The van der Waals surface area contributed by atoms with Crippen LogP contribution in [0.15, 0.2) is 54.6 Å². The molecule has 1 aliphatic heterocycles. The van der Waals surface area contributed by atoms with Crippen molar-refractivity contribution in [2.45, 2.75) is 58.2 Å². The number of nitrogens with one attached hydrogen (secondary N) is 1. The highest BCUT2D eigenvalue weighted by molar-refractivity contribution is 5.94. The molecule has 1 saturated heterocycles. The van der Waals surface area contributed by atoms with E-state index in [0.717, 1.165) is 5.56 Å². The first-order valence-corrected chi connectivity index (χ1v) is 10.6. The molecule has 0 aliphatic carbocycles. The number of nitrogens with zero attached hydrogens (tertiary/aromatic N) is 1. The first-order chi connectivity index (χ1) is 14.5. The van der Waals surface area contributed by atoms with E-state index in [1.807, 2.05) is 51.1 Å². The van der Waals surface area contributed by atoms with Gasteiger partial charge in [-0.25, -0.2) is 4.39 Å². The Balaban J connectivity index is 1.98. The normalized spacial score (nSPS) is 24.0. The van der Waals surface area contributed by atoms with Gasteiger partial charge in [0.25, 0.3) is 5.91 Å². The Bertz CT molecular complexity index is 920. The molecule has 2 N–H and O–H groups in total. The van der Waals surface area contributed by atoms with Crippen LogP contribution in [-0.2, 0) is 4.79 Å². The monoisotopic (exact) mass is 426 g/mol. The second-order valence-corrected chi connectivity index (χ2v) is 9.75. The van der Waals surface area contributed by atoms with Crippen LogP contribution in [0, 0.1) is 11.2 Å². The van der Waals surface area contributed by atoms with Crippen LogP contribution in [0.4, 0.5) is 4.39 Å². The lowest BCUT2D eigenvalue weighted by Crippen LogP contribution is -2.63. The first-order valence-electron chi connectivity index (χ1n) is 10.6. The third kappa shape index (κ3) is 5.50. The van der Waals surface area contributed by atoms with E-state index in [1.54, 1.807) is 11.8 Å². The minimum Gasteiger partial charge on any atom is -0.388 e. The minimum absolute atomic E-state index is 0.0158. The van der Waals surface area contributed by atoms with Gasteiger partial charge in [-0.05, 0) is 48.6 Å². The highest BCUT2D eigenvalue weighted by atomic mass is 19.1. The van der Waals surface area contributed by atoms with E-state index in [4.69, 9.17) is 0 Å². The van der Waals surface area contributed by atoms with Gasteiger partial charge in [0, 0.05) is 18.5 Å². The molecule has 6 heteroatoms. The zero-order chi connectivity index (χ0) is 22.8. The number of amides is 2. The summed E-state index contributed by atoms with van der Waals surface area (Å²) in [7, 11) is 0. The molecule has 3 rings (SSSR count). The van der Waals surface area contributed by atoms with Gasteiger partial charge in [-0.1, -0.05) is 51.1 Å².